The van der Waals surface area contributed by atoms with Gasteiger partial charge in [0, 0.05) is 12.5 Å². The molecule has 0 aliphatic heterocycles. The third-order valence-electron chi connectivity index (χ3n) is 6.79. The highest BCUT2D eigenvalue weighted by Gasteiger charge is 2.34. The quantitative estimate of drug-likeness (QED) is 0.225. The van der Waals surface area contributed by atoms with Gasteiger partial charge < -0.3 is 26.0 Å². The lowest BCUT2D eigenvalue weighted by molar-refractivity contribution is -0.140. The van der Waals surface area contributed by atoms with Crippen LogP contribution in [0.25, 0.3) is 0 Å². The van der Waals surface area contributed by atoms with Gasteiger partial charge in [0.2, 0.25) is 17.6 Å². The van der Waals surface area contributed by atoms with Crippen LogP contribution >= 0.6 is 0 Å². The van der Waals surface area contributed by atoms with Gasteiger partial charge in [0.25, 0.3) is 5.91 Å². The topological polar surface area (TPSA) is 143 Å². The summed E-state index contributed by atoms with van der Waals surface area (Å²) in [6.07, 6.45) is 2.22. The van der Waals surface area contributed by atoms with Crippen molar-refractivity contribution in [2.45, 2.75) is 90.1 Å². The highest BCUT2D eigenvalue weighted by atomic mass is 16.5. The van der Waals surface area contributed by atoms with Crippen LogP contribution in [-0.4, -0.2) is 53.8 Å². The molecule has 3 rings (SSSR count). The van der Waals surface area contributed by atoms with Gasteiger partial charge in [0.1, 0.15) is 18.7 Å². The molecule has 0 spiro atoms. The Balaban J connectivity index is 1.70. The number of benzene rings is 2. The Morgan fingerprint density at radius 2 is 1.36 bits per heavy atom. The standard InChI is InChI=1S/C32H42N4O6/c1-4-11-25(28(37)31(40)33-24-16-17-24)34-29(38)26(18-21(2)3)35-30(39)27(19-22-12-7-5-8-13-22)36-32(41)42-20-23-14-9-6-10-15-23/h5-10,12-15,21,24-27H,4,11,16-20H2,1-3H3,(H,33,40)(H,34,38)(H,35,39)(H,36,41)/t25-,26-,27?/m0/s1. The zero-order valence-electron chi connectivity index (χ0n) is 24.6. The predicted octanol–water partition coefficient (Wildman–Crippen LogP) is 3.19. The maximum Gasteiger partial charge on any atom is 0.408 e. The van der Waals surface area contributed by atoms with Gasteiger partial charge in [-0.25, -0.2) is 4.79 Å². The van der Waals surface area contributed by atoms with E-state index < -0.39 is 47.7 Å². The summed E-state index contributed by atoms with van der Waals surface area (Å²) in [5.41, 5.74) is 1.61. The second kappa shape index (κ2) is 16.3. The molecule has 226 valence electrons. The average Bonchev–Trinajstić information content (AvgIpc) is 3.79. The van der Waals surface area contributed by atoms with Crippen molar-refractivity contribution >= 4 is 29.6 Å². The first-order chi connectivity index (χ1) is 20.2. The van der Waals surface area contributed by atoms with Crippen molar-refractivity contribution in [2.75, 3.05) is 0 Å². The second-order valence-corrected chi connectivity index (χ2v) is 11.1. The number of hydrogen-bond acceptors (Lipinski definition) is 6. The van der Waals surface area contributed by atoms with E-state index in [0.29, 0.717) is 6.42 Å². The van der Waals surface area contributed by atoms with Gasteiger partial charge in [0.05, 0.1) is 6.04 Å². The van der Waals surface area contributed by atoms with Crippen LogP contribution in [0.1, 0.15) is 64.0 Å². The molecule has 1 aliphatic rings. The molecule has 4 amide bonds. The Kier molecular flexibility index (Phi) is 12.5. The summed E-state index contributed by atoms with van der Waals surface area (Å²) < 4.78 is 5.34. The summed E-state index contributed by atoms with van der Waals surface area (Å²) >= 11 is 0. The fraction of sp³-hybridized carbons (Fsp3) is 0.469. The molecule has 0 aromatic heterocycles. The molecule has 10 heteroatoms. The van der Waals surface area contributed by atoms with Crippen LogP contribution in [-0.2, 0) is 36.9 Å². The molecule has 2 aromatic carbocycles. The van der Waals surface area contributed by atoms with Crippen molar-refractivity contribution in [2.24, 2.45) is 5.92 Å². The highest BCUT2D eigenvalue weighted by molar-refractivity contribution is 6.38. The number of carbonyl (C=O) groups is 5. The largest absolute Gasteiger partial charge is 0.445 e. The van der Waals surface area contributed by atoms with Crippen molar-refractivity contribution in [3.8, 4) is 0 Å². The summed E-state index contributed by atoms with van der Waals surface area (Å²) in [5, 5.41) is 10.8. The van der Waals surface area contributed by atoms with Crippen LogP contribution in [0.15, 0.2) is 60.7 Å². The highest BCUT2D eigenvalue weighted by Crippen LogP contribution is 2.18. The predicted molar refractivity (Wildman–Crippen MR) is 158 cm³/mol. The summed E-state index contributed by atoms with van der Waals surface area (Å²) in [4.78, 5) is 64.8. The second-order valence-electron chi connectivity index (χ2n) is 11.1. The Labute approximate surface area is 247 Å². The monoisotopic (exact) mass is 578 g/mol. The van der Waals surface area contributed by atoms with Gasteiger partial charge in [0.15, 0.2) is 0 Å². The zero-order valence-corrected chi connectivity index (χ0v) is 24.6. The minimum absolute atomic E-state index is 0.0147. The number of rotatable bonds is 16. The van der Waals surface area contributed by atoms with E-state index in [9.17, 15) is 24.0 Å². The van der Waals surface area contributed by atoms with Gasteiger partial charge in [-0.2, -0.15) is 0 Å². The normalized spacial score (nSPS) is 14.7. The number of hydrogen-bond donors (Lipinski definition) is 4. The SMILES string of the molecule is CCC[C@H](NC(=O)[C@H](CC(C)C)NC(=O)C(Cc1ccccc1)NC(=O)OCc1ccccc1)C(=O)C(=O)NC1CC1. The van der Waals surface area contributed by atoms with Crippen molar-refractivity contribution in [3.63, 3.8) is 0 Å². The van der Waals surface area contributed by atoms with Crippen LogP contribution in [0.2, 0.25) is 0 Å². The first-order valence-corrected chi connectivity index (χ1v) is 14.6. The van der Waals surface area contributed by atoms with E-state index in [4.69, 9.17) is 4.74 Å². The van der Waals surface area contributed by atoms with E-state index in [-0.39, 0.29) is 37.8 Å². The molecule has 42 heavy (non-hydrogen) atoms. The Bertz CT molecular complexity index is 1200. The van der Waals surface area contributed by atoms with E-state index in [2.05, 4.69) is 21.3 Å². The number of ketones is 1. The number of nitrogens with one attached hydrogen (secondary N) is 4. The van der Waals surface area contributed by atoms with E-state index in [1.807, 2.05) is 81.4 Å². The maximum atomic E-state index is 13.5. The molecule has 1 fully saturated rings. The summed E-state index contributed by atoms with van der Waals surface area (Å²) in [7, 11) is 0. The van der Waals surface area contributed by atoms with Crippen molar-refractivity contribution in [1.29, 1.82) is 0 Å². The third kappa shape index (κ3) is 11.0. The fourth-order valence-electron chi connectivity index (χ4n) is 4.41. The number of alkyl carbamates (subject to hydrolysis) is 1. The van der Waals surface area contributed by atoms with Crippen molar-refractivity contribution in [3.05, 3.63) is 71.8 Å². The van der Waals surface area contributed by atoms with Crippen LogP contribution in [0.4, 0.5) is 4.79 Å². The maximum absolute atomic E-state index is 13.5. The van der Waals surface area contributed by atoms with E-state index in [1.54, 1.807) is 0 Å². The van der Waals surface area contributed by atoms with E-state index >= 15 is 0 Å². The summed E-state index contributed by atoms with van der Waals surface area (Å²) in [6.45, 7) is 5.71. The van der Waals surface area contributed by atoms with Gasteiger partial charge in [-0.15, -0.1) is 0 Å². The molecule has 1 aliphatic carbocycles. The number of amides is 4. The summed E-state index contributed by atoms with van der Waals surface area (Å²) in [6, 6.07) is 15.3. The molecule has 0 heterocycles. The summed E-state index contributed by atoms with van der Waals surface area (Å²) in [5.74, 6) is -2.51. The lowest BCUT2D eigenvalue weighted by Crippen LogP contribution is -2.57. The molecule has 2 aromatic rings. The molecule has 3 atom stereocenters. The van der Waals surface area contributed by atoms with Gasteiger partial charge in [-0.1, -0.05) is 87.9 Å². The molecular formula is C32H42N4O6. The van der Waals surface area contributed by atoms with Crippen molar-refractivity contribution < 1.29 is 28.7 Å². The van der Waals surface area contributed by atoms with E-state index in [1.165, 1.54) is 0 Å². The molecule has 0 bridgehead atoms. The number of ether oxygens (including phenoxy) is 1. The molecule has 1 saturated carbocycles. The van der Waals surface area contributed by atoms with Crippen LogP contribution in [0.3, 0.4) is 0 Å². The molecule has 0 saturated heterocycles. The fourth-order valence-corrected chi connectivity index (χ4v) is 4.41. The van der Waals surface area contributed by atoms with Gasteiger partial charge in [-0.05, 0) is 42.7 Å². The van der Waals surface area contributed by atoms with Crippen LogP contribution in [0, 0.1) is 5.92 Å². The minimum Gasteiger partial charge on any atom is -0.445 e. The van der Waals surface area contributed by atoms with E-state index in [0.717, 1.165) is 24.0 Å². The molecule has 0 radical (unpaired) electrons. The first kappa shape index (κ1) is 32.3. The molecule has 4 N–H and O–H groups in total. The number of carbonyl (C=O) groups excluding carboxylic acids is 5. The number of Topliss-reactive ketones (excluding diaryl/α,β-unsaturated/α-hetero) is 1. The van der Waals surface area contributed by atoms with Crippen LogP contribution in [0.5, 0.6) is 0 Å². The molecule has 1 unspecified atom stereocenters. The lowest BCUT2D eigenvalue weighted by atomic mass is 10.00. The van der Waals surface area contributed by atoms with Gasteiger partial charge in [-0.3, -0.25) is 19.2 Å². The lowest BCUT2D eigenvalue weighted by Gasteiger charge is -2.26. The van der Waals surface area contributed by atoms with Crippen molar-refractivity contribution in [1.82, 2.24) is 21.3 Å². The smallest absolute Gasteiger partial charge is 0.408 e. The van der Waals surface area contributed by atoms with Gasteiger partial charge >= 0.3 is 6.09 Å². The minimum atomic E-state index is -1.03. The first-order valence-electron chi connectivity index (χ1n) is 14.6. The molecule has 10 nitrogen and oxygen atoms in total. The molecular weight excluding hydrogens is 536 g/mol. The third-order valence-corrected chi connectivity index (χ3v) is 6.79. The Morgan fingerprint density at radius 3 is 1.93 bits per heavy atom. The zero-order chi connectivity index (χ0) is 30.5. The average molecular weight is 579 g/mol. The van der Waals surface area contributed by atoms with Crippen LogP contribution < -0.4 is 21.3 Å². The Hall–Kier alpha value is -4.21. The Morgan fingerprint density at radius 1 is 0.786 bits per heavy atom.